The van der Waals surface area contributed by atoms with Gasteiger partial charge in [0.15, 0.2) is 0 Å². The first kappa shape index (κ1) is 19.6. The number of carbonyl (C=O) groups is 3. The second-order valence-electron chi connectivity index (χ2n) is 3.77. The predicted octanol–water partition coefficient (Wildman–Crippen LogP) is -1.60. The van der Waals surface area contributed by atoms with Crippen LogP contribution in [-0.2, 0) is 14.4 Å². The number of aliphatic carboxylic acids is 3. The molecule has 112 valence electrons. The van der Waals surface area contributed by atoms with Crippen LogP contribution in [-0.4, -0.2) is 51.9 Å². The Kier molecular flexibility index (Phi) is 11.8. The summed E-state index contributed by atoms with van der Waals surface area (Å²) in [6, 6.07) is -2.01. The number of nitrogens with two attached hydrogens (primary N) is 3. The summed E-state index contributed by atoms with van der Waals surface area (Å²) in [4.78, 5) is 29.8. The first-order valence-electron chi connectivity index (χ1n) is 5.61. The van der Waals surface area contributed by atoms with E-state index in [1.54, 1.807) is 0 Å². The summed E-state index contributed by atoms with van der Waals surface area (Å²) in [5.74, 6) is -3.43. The molecule has 19 heavy (non-hydrogen) atoms. The van der Waals surface area contributed by atoms with Crippen molar-refractivity contribution in [2.75, 3.05) is 6.54 Å². The highest BCUT2D eigenvalue weighted by atomic mass is 16.4. The average Bonchev–Trinajstić information content (AvgIpc) is 2.28. The first-order valence-corrected chi connectivity index (χ1v) is 5.61. The van der Waals surface area contributed by atoms with Crippen LogP contribution in [0.2, 0.25) is 0 Å². The van der Waals surface area contributed by atoms with Crippen LogP contribution in [0.3, 0.4) is 0 Å². The molecule has 2 atom stereocenters. The molecule has 0 unspecified atom stereocenters. The van der Waals surface area contributed by atoms with Crippen LogP contribution in [0.4, 0.5) is 0 Å². The second kappa shape index (κ2) is 11.4. The third-order valence-electron chi connectivity index (χ3n) is 2.00. The van der Waals surface area contributed by atoms with Crippen molar-refractivity contribution in [3.05, 3.63) is 0 Å². The molecule has 0 heterocycles. The molecule has 0 spiro atoms. The average molecular weight is 279 g/mol. The zero-order chi connectivity index (χ0) is 15.4. The molecule has 0 fully saturated rings. The summed E-state index contributed by atoms with van der Waals surface area (Å²) in [6.07, 6.45) is 1.63. The number of carboxylic acids is 3. The molecule has 0 aliphatic carbocycles. The minimum atomic E-state index is -1.29. The van der Waals surface area contributed by atoms with Gasteiger partial charge in [-0.3, -0.25) is 14.4 Å². The van der Waals surface area contributed by atoms with E-state index in [4.69, 9.17) is 32.5 Å². The van der Waals surface area contributed by atoms with E-state index < -0.39 is 36.4 Å². The van der Waals surface area contributed by atoms with Crippen LogP contribution >= 0.6 is 0 Å². The lowest BCUT2D eigenvalue weighted by molar-refractivity contribution is -0.144. The highest BCUT2D eigenvalue weighted by molar-refractivity contribution is 5.80. The van der Waals surface area contributed by atoms with E-state index in [2.05, 4.69) is 0 Å². The van der Waals surface area contributed by atoms with Crippen molar-refractivity contribution in [1.82, 2.24) is 0 Å². The quantitative estimate of drug-likeness (QED) is 0.284. The van der Waals surface area contributed by atoms with Gasteiger partial charge in [-0.05, 0) is 19.4 Å². The summed E-state index contributed by atoms with van der Waals surface area (Å²) in [7, 11) is 0. The fourth-order valence-electron chi connectivity index (χ4n) is 0.908. The molecule has 9 heteroatoms. The van der Waals surface area contributed by atoms with Gasteiger partial charge in [-0.2, -0.15) is 0 Å². The van der Waals surface area contributed by atoms with E-state index >= 15 is 0 Å². The van der Waals surface area contributed by atoms with E-state index in [0.717, 1.165) is 12.8 Å². The number of hydrogen-bond acceptors (Lipinski definition) is 6. The zero-order valence-corrected chi connectivity index (χ0v) is 10.5. The Bertz CT molecular complexity index is 297. The molecule has 0 aliphatic heterocycles. The van der Waals surface area contributed by atoms with Gasteiger partial charge in [0.05, 0.1) is 6.42 Å². The van der Waals surface area contributed by atoms with Crippen LogP contribution in [0.25, 0.3) is 0 Å². The van der Waals surface area contributed by atoms with Crippen molar-refractivity contribution in [3.63, 3.8) is 0 Å². The molecule has 0 aromatic heterocycles. The van der Waals surface area contributed by atoms with Crippen molar-refractivity contribution in [2.24, 2.45) is 17.2 Å². The van der Waals surface area contributed by atoms with Gasteiger partial charge < -0.3 is 32.5 Å². The van der Waals surface area contributed by atoms with Gasteiger partial charge in [0.25, 0.3) is 0 Å². The lowest BCUT2D eigenvalue weighted by Gasteiger charge is -2.03. The SMILES string of the molecule is NCCCC[C@@H](N)C(=O)O.N[C@H](CC(=O)O)C(=O)O. The molecule has 9 N–H and O–H groups in total. The molecular formula is C10H21N3O6. The van der Waals surface area contributed by atoms with Gasteiger partial charge in [-0.1, -0.05) is 6.42 Å². The van der Waals surface area contributed by atoms with Crippen LogP contribution in [0.15, 0.2) is 0 Å². The topological polar surface area (TPSA) is 190 Å². The first-order chi connectivity index (χ1) is 8.72. The monoisotopic (exact) mass is 279 g/mol. The summed E-state index contributed by atoms with van der Waals surface area (Å²) in [5.41, 5.74) is 15.3. The fourth-order valence-corrected chi connectivity index (χ4v) is 0.908. The van der Waals surface area contributed by atoms with Crippen molar-refractivity contribution in [3.8, 4) is 0 Å². The van der Waals surface area contributed by atoms with Crippen molar-refractivity contribution < 1.29 is 29.7 Å². The Balaban J connectivity index is 0. The Morgan fingerprint density at radius 2 is 1.37 bits per heavy atom. The van der Waals surface area contributed by atoms with Crippen molar-refractivity contribution in [2.45, 2.75) is 37.8 Å². The van der Waals surface area contributed by atoms with Gasteiger partial charge in [-0.15, -0.1) is 0 Å². The van der Waals surface area contributed by atoms with Crippen LogP contribution in [0.1, 0.15) is 25.7 Å². The Labute approximate surface area is 110 Å². The minimum Gasteiger partial charge on any atom is -0.481 e. The van der Waals surface area contributed by atoms with E-state index in [-0.39, 0.29) is 0 Å². The zero-order valence-electron chi connectivity index (χ0n) is 10.5. The van der Waals surface area contributed by atoms with E-state index in [0.29, 0.717) is 13.0 Å². The van der Waals surface area contributed by atoms with Gasteiger partial charge in [0.2, 0.25) is 0 Å². The molecule has 0 aliphatic rings. The van der Waals surface area contributed by atoms with E-state index in [1.807, 2.05) is 0 Å². The summed E-state index contributed by atoms with van der Waals surface area (Å²) in [6.45, 7) is 0.604. The molecule has 0 rings (SSSR count). The smallest absolute Gasteiger partial charge is 0.321 e. The third-order valence-corrected chi connectivity index (χ3v) is 2.00. The summed E-state index contributed by atoms with van der Waals surface area (Å²) >= 11 is 0. The number of hydrogen-bond donors (Lipinski definition) is 6. The standard InChI is InChI=1S/C6H14N2O2.C4H7NO4/c7-4-2-1-3-5(8)6(9)10;5-2(4(8)9)1-3(6)7/h5H,1-4,7-8H2,(H,9,10);2H,1,5H2,(H,6,7)(H,8,9)/t5-;2-/m11/s1. The molecule has 0 saturated carbocycles. The minimum absolute atomic E-state index is 0.520. The van der Waals surface area contributed by atoms with Crippen LogP contribution in [0, 0.1) is 0 Å². The summed E-state index contributed by atoms with van der Waals surface area (Å²) in [5, 5.41) is 24.4. The highest BCUT2D eigenvalue weighted by Crippen LogP contribution is 1.96. The summed E-state index contributed by atoms with van der Waals surface area (Å²) < 4.78 is 0. The second-order valence-corrected chi connectivity index (χ2v) is 3.77. The largest absolute Gasteiger partial charge is 0.481 e. The van der Waals surface area contributed by atoms with Gasteiger partial charge in [-0.25, -0.2) is 0 Å². The Hall–Kier alpha value is -1.71. The molecule has 0 saturated heterocycles. The maximum Gasteiger partial charge on any atom is 0.321 e. The van der Waals surface area contributed by atoms with Crippen LogP contribution in [0.5, 0.6) is 0 Å². The number of carboxylic acid groups (broad SMARTS) is 3. The highest BCUT2D eigenvalue weighted by Gasteiger charge is 2.14. The van der Waals surface area contributed by atoms with Gasteiger partial charge in [0, 0.05) is 0 Å². The Morgan fingerprint density at radius 3 is 1.63 bits per heavy atom. The van der Waals surface area contributed by atoms with Crippen LogP contribution < -0.4 is 17.2 Å². The maximum atomic E-state index is 10.1. The van der Waals surface area contributed by atoms with E-state index in [1.165, 1.54) is 0 Å². The molecule has 9 nitrogen and oxygen atoms in total. The van der Waals surface area contributed by atoms with E-state index in [9.17, 15) is 14.4 Å². The van der Waals surface area contributed by atoms with Crippen molar-refractivity contribution in [1.29, 1.82) is 0 Å². The molecule has 0 amide bonds. The number of rotatable bonds is 8. The fraction of sp³-hybridized carbons (Fsp3) is 0.700. The normalized spacial score (nSPS) is 12.8. The molecular weight excluding hydrogens is 258 g/mol. The molecule has 0 aromatic rings. The lowest BCUT2D eigenvalue weighted by Crippen LogP contribution is -2.32. The third kappa shape index (κ3) is 14.2. The maximum absolute atomic E-state index is 10.1. The van der Waals surface area contributed by atoms with Gasteiger partial charge >= 0.3 is 17.9 Å². The molecule has 0 bridgehead atoms. The van der Waals surface area contributed by atoms with Crippen molar-refractivity contribution >= 4 is 17.9 Å². The number of unbranched alkanes of at least 4 members (excludes halogenated alkanes) is 1. The van der Waals surface area contributed by atoms with Gasteiger partial charge in [0.1, 0.15) is 12.1 Å². The molecule has 0 aromatic carbocycles. The molecule has 0 radical (unpaired) electrons. The predicted molar refractivity (Wildman–Crippen MR) is 66.4 cm³/mol. The Morgan fingerprint density at radius 1 is 0.895 bits per heavy atom. The lowest BCUT2D eigenvalue weighted by atomic mass is 10.1.